The zero-order chi connectivity index (χ0) is 13.0. The molecule has 18 heavy (non-hydrogen) atoms. The third kappa shape index (κ3) is 3.56. The van der Waals surface area contributed by atoms with Crippen LogP contribution in [0.15, 0.2) is 29.6 Å². The third-order valence-corrected chi connectivity index (χ3v) is 3.31. The summed E-state index contributed by atoms with van der Waals surface area (Å²) in [6, 6.07) is 7.66. The number of nitrogens with zero attached hydrogens (tertiary/aromatic N) is 1. The molecule has 0 radical (unpaired) electrons. The van der Waals surface area contributed by atoms with Gasteiger partial charge in [0.15, 0.2) is 5.13 Å². The van der Waals surface area contributed by atoms with E-state index in [1.807, 2.05) is 29.6 Å². The Kier molecular flexibility index (Phi) is 3.94. The second-order valence-corrected chi connectivity index (χ2v) is 4.96. The minimum absolute atomic E-state index is 0.0670. The number of aromatic nitrogens is 1. The van der Waals surface area contributed by atoms with Gasteiger partial charge >= 0.3 is 5.97 Å². The Balaban J connectivity index is 1.98. The largest absolute Gasteiger partial charge is 0.481 e. The van der Waals surface area contributed by atoms with Gasteiger partial charge in [0.05, 0.1) is 12.1 Å². The van der Waals surface area contributed by atoms with Crippen molar-refractivity contribution in [3.05, 3.63) is 46.5 Å². The predicted molar refractivity (Wildman–Crippen MR) is 71.7 cm³/mol. The number of nitrogen functional groups attached to an aromatic ring is 1. The fraction of sp³-hybridized carbons (Fsp3) is 0.231. The topological polar surface area (TPSA) is 76.2 Å². The molecule has 2 rings (SSSR count). The number of carbonyl (C=O) groups is 1. The molecular weight excluding hydrogens is 248 g/mol. The van der Waals surface area contributed by atoms with Crippen LogP contribution in [-0.4, -0.2) is 16.1 Å². The number of benzene rings is 1. The van der Waals surface area contributed by atoms with Crippen molar-refractivity contribution in [3.8, 4) is 0 Å². The van der Waals surface area contributed by atoms with E-state index in [-0.39, 0.29) is 6.42 Å². The van der Waals surface area contributed by atoms with Crippen LogP contribution >= 0.6 is 11.3 Å². The summed E-state index contributed by atoms with van der Waals surface area (Å²) in [4.78, 5) is 14.8. The first-order valence-electron chi connectivity index (χ1n) is 5.63. The van der Waals surface area contributed by atoms with E-state index in [4.69, 9.17) is 10.8 Å². The van der Waals surface area contributed by atoms with Gasteiger partial charge in [-0.25, -0.2) is 4.98 Å². The van der Waals surface area contributed by atoms with E-state index < -0.39 is 5.97 Å². The highest BCUT2D eigenvalue weighted by Crippen LogP contribution is 2.14. The van der Waals surface area contributed by atoms with Gasteiger partial charge in [-0.05, 0) is 24.0 Å². The maximum atomic E-state index is 10.6. The standard InChI is InChI=1S/C13H14N2O2S/c14-13-15-11(8-18-13)5-4-9-2-1-3-10(6-9)7-12(16)17/h1-3,6,8H,4-5,7H2,(H2,14,15)(H,16,17). The quantitative estimate of drug-likeness (QED) is 0.865. The SMILES string of the molecule is Nc1nc(CCc2cccc(CC(=O)O)c2)cs1. The van der Waals surface area contributed by atoms with Gasteiger partial charge in [0.1, 0.15) is 0 Å². The number of carboxylic acid groups (broad SMARTS) is 1. The number of hydrogen-bond acceptors (Lipinski definition) is 4. The summed E-state index contributed by atoms with van der Waals surface area (Å²) in [5.41, 5.74) is 8.51. The Bertz CT molecular complexity index is 551. The van der Waals surface area contributed by atoms with Gasteiger partial charge in [0, 0.05) is 5.38 Å². The van der Waals surface area contributed by atoms with Crippen molar-refractivity contribution >= 4 is 22.4 Å². The maximum absolute atomic E-state index is 10.6. The highest BCUT2D eigenvalue weighted by atomic mass is 32.1. The van der Waals surface area contributed by atoms with Gasteiger partial charge in [-0.2, -0.15) is 0 Å². The summed E-state index contributed by atoms with van der Waals surface area (Å²) in [7, 11) is 0. The summed E-state index contributed by atoms with van der Waals surface area (Å²) >= 11 is 1.44. The highest BCUT2D eigenvalue weighted by molar-refractivity contribution is 7.13. The third-order valence-electron chi connectivity index (χ3n) is 2.59. The first-order valence-corrected chi connectivity index (χ1v) is 6.51. The second-order valence-electron chi connectivity index (χ2n) is 4.07. The van der Waals surface area contributed by atoms with Gasteiger partial charge in [0.2, 0.25) is 0 Å². The predicted octanol–water partition coefficient (Wildman–Crippen LogP) is 2.14. The summed E-state index contributed by atoms with van der Waals surface area (Å²) in [5, 5.41) is 11.3. The molecule has 2 aromatic rings. The van der Waals surface area contributed by atoms with Crippen molar-refractivity contribution in [3.63, 3.8) is 0 Å². The average molecular weight is 262 g/mol. The molecule has 1 aromatic heterocycles. The molecule has 1 heterocycles. The molecule has 0 atom stereocenters. The first kappa shape index (κ1) is 12.6. The molecule has 94 valence electrons. The smallest absolute Gasteiger partial charge is 0.307 e. The second kappa shape index (κ2) is 5.64. The van der Waals surface area contributed by atoms with E-state index in [1.165, 1.54) is 11.3 Å². The van der Waals surface area contributed by atoms with Crippen LogP contribution in [0.3, 0.4) is 0 Å². The van der Waals surface area contributed by atoms with E-state index in [1.54, 1.807) is 0 Å². The number of anilines is 1. The number of aliphatic carboxylic acids is 1. The Morgan fingerprint density at radius 1 is 1.33 bits per heavy atom. The van der Waals surface area contributed by atoms with Crippen LogP contribution < -0.4 is 5.73 Å². The van der Waals surface area contributed by atoms with Crippen molar-refractivity contribution < 1.29 is 9.90 Å². The number of thiazole rings is 1. The molecular formula is C13H14N2O2S. The van der Waals surface area contributed by atoms with Crippen LogP contribution in [-0.2, 0) is 24.1 Å². The van der Waals surface area contributed by atoms with Gasteiger partial charge in [-0.1, -0.05) is 24.3 Å². The molecule has 0 aliphatic rings. The normalized spacial score (nSPS) is 10.4. The molecule has 0 saturated carbocycles. The molecule has 0 unspecified atom stereocenters. The average Bonchev–Trinajstić information content (AvgIpc) is 2.72. The van der Waals surface area contributed by atoms with E-state index in [9.17, 15) is 4.79 Å². The lowest BCUT2D eigenvalue weighted by atomic mass is 10.0. The van der Waals surface area contributed by atoms with E-state index in [2.05, 4.69) is 4.98 Å². The molecule has 3 N–H and O–H groups in total. The van der Waals surface area contributed by atoms with Crippen LogP contribution in [0.2, 0.25) is 0 Å². The molecule has 5 heteroatoms. The molecule has 0 bridgehead atoms. The van der Waals surface area contributed by atoms with Gasteiger partial charge in [0.25, 0.3) is 0 Å². The molecule has 0 amide bonds. The first-order chi connectivity index (χ1) is 8.63. The monoisotopic (exact) mass is 262 g/mol. The van der Waals surface area contributed by atoms with Gasteiger partial charge < -0.3 is 10.8 Å². The van der Waals surface area contributed by atoms with Crippen LogP contribution in [0.4, 0.5) is 5.13 Å². The summed E-state index contributed by atoms with van der Waals surface area (Å²) in [6.07, 6.45) is 1.73. The zero-order valence-corrected chi connectivity index (χ0v) is 10.6. The summed E-state index contributed by atoms with van der Waals surface area (Å²) in [6.45, 7) is 0. The van der Waals surface area contributed by atoms with Gasteiger partial charge in [-0.3, -0.25) is 4.79 Å². The lowest BCUT2D eigenvalue weighted by Gasteiger charge is -2.02. The molecule has 0 aliphatic carbocycles. The van der Waals surface area contributed by atoms with Crippen LogP contribution in [0.5, 0.6) is 0 Å². The molecule has 1 aromatic carbocycles. The number of nitrogens with two attached hydrogens (primary N) is 1. The van der Waals surface area contributed by atoms with Crippen molar-refractivity contribution in [2.24, 2.45) is 0 Å². The minimum atomic E-state index is -0.806. The number of carboxylic acids is 1. The van der Waals surface area contributed by atoms with Crippen LogP contribution in [0.1, 0.15) is 16.8 Å². The van der Waals surface area contributed by atoms with E-state index in [0.717, 1.165) is 29.7 Å². The lowest BCUT2D eigenvalue weighted by molar-refractivity contribution is -0.136. The number of hydrogen-bond donors (Lipinski definition) is 2. The van der Waals surface area contributed by atoms with Gasteiger partial charge in [-0.15, -0.1) is 11.3 Å². The number of rotatable bonds is 5. The molecule has 0 spiro atoms. The Labute approximate surface area is 109 Å². The van der Waals surface area contributed by atoms with Crippen LogP contribution in [0, 0.1) is 0 Å². The van der Waals surface area contributed by atoms with Crippen molar-refractivity contribution in [1.82, 2.24) is 4.98 Å². The maximum Gasteiger partial charge on any atom is 0.307 e. The summed E-state index contributed by atoms with van der Waals surface area (Å²) in [5.74, 6) is -0.806. The summed E-state index contributed by atoms with van der Waals surface area (Å²) < 4.78 is 0. The Morgan fingerprint density at radius 2 is 2.11 bits per heavy atom. The molecule has 0 saturated heterocycles. The van der Waals surface area contributed by atoms with E-state index in [0.29, 0.717) is 5.13 Å². The lowest BCUT2D eigenvalue weighted by Crippen LogP contribution is -2.01. The molecule has 0 fully saturated rings. The highest BCUT2D eigenvalue weighted by Gasteiger charge is 2.03. The van der Waals surface area contributed by atoms with Crippen molar-refractivity contribution in [2.45, 2.75) is 19.3 Å². The number of aryl methyl sites for hydroxylation is 2. The Morgan fingerprint density at radius 3 is 2.78 bits per heavy atom. The van der Waals surface area contributed by atoms with Crippen molar-refractivity contribution in [2.75, 3.05) is 5.73 Å². The van der Waals surface area contributed by atoms with Crippen LogP contribution in [0.25, 0.3) is 0 Å². The fourth-order valence-corrected chi connectivity index (χ4v) is 2.38. The Hall–Kier alpha value is -1.88. The fourth-order valence-electron chi connectivity index (χ4n) is 1.78. The molecule has 4 nitrogen and oxygen atoms in total. The zero-order valence-electron chi connectivity index (χ0n) is 9.80. The minimum Gasteiger partial charge on any atom is -0.481 e. The van der Waals surface area contributed by atoms with E-state index >= 15 is 0 Å². The molecule has 0 aliphatic heterocycles. The van der Waals surface area contributed by atoms with Crippen molar-refractivity contribution in [1.29, 1.82) is 0 Å².